The van der Waals surface area contributed by atoms with E-state index < -0.39 is 10.8 Å². The zero-order valence-corrected chi connectivity index (χ0v) is 18.0. The van der Waals surface area contributed by atoms with Crippen LogP contribution < -0.4 is 5.32 Å². The summed E-state index contributed by atoms with van der Waals surface area (Å²) in [7, 11) is 0. The van der Waals surface area contributed by atoms with Crippen molar-refractivity contribution < 1.29 is 9.72 Å². The zero-order chi connectivity index (χ0) is 22.0. The first-order valence-corrected chi connectivity index (χ1v) is 10.6. The molecule has 0 aliphatic heterocycles. The summed E-state index contributed by atoms with van der Waals surface area (Å²) in [6, 6.07) is 16.9. The fourth-order valence-electron chi connectivity index (χ4n) is 2.94. The third-order valence-corrected chi connectivity index (χ3v) is 5.92. The molecule has 1 aromatic heterocycles. The molecule has 9 heteroatoms. The number of anilines is 1. The van der Waals surface area contributed by atoms with Crippen LogP contribution in [0.3, 0.4) is 0 Å². The van der Waals surface area contributed by atoms with Gasteiger partial charge in [-0.25, -0.2) is 4.98 Å². The summed E-state index contributed by atoms with van der Waals surface area (Å²) < 4.78 is 0.997. The number of halogens is 2. The van der Waals surface area contributed by atoms with E-state index >= 15 is 0 Å². The van der Waals surface area contributed by atoms with Crippen molar-refractivity contribution in [1.29, 1.82) is 0 Å². The van der Waals surface area contributed by atoms with Crippen molar-refractivity contribution >= 4 is 68.1 Å². The lowest BCUT2D eigenvalue weighted by molar-refractivity contribution is -0.384. The summed E-state index contributed by atoms with van der Waals surface area (Å²) in [5, 5.41) is 15.0. The maximum absolute atomic E-state index is 12.6. The third kappa shape index (κ3) is 4.74. The van der Waals surface area contributed by atoms with Crippen LogP contribution in [0.1, 0.15) is 5.56 Å². The standard InChI is InChI=1S/C22H13Cl2N3O3S/c23-14-11-16(22-25-18-6-1-2-7-19(18)31-22)21(17(24)12-14)26-20(28)9-8-13-4-3-5-15(10-13)27(29)30/h1-12H,(H,26,28)/b9-8+. The first-order valence-electron chi connectivity index (χ1n) is 8.99. The molecule has 0 atom stereocenters. The predicted octanol–water partition coefficient (Wildman–Crippen LogP) is 6.83. The molecule has 0 aliphatic carbocycles. The Morgan fingerprint density at radius 3 is 2.68 bits per heavy atom. The van der Waals surface area contributed by atoms with Crippen molar-refractivity contribution in [3.8, 4) is 10.6 Å². The summed E-state index contributed by atoms with van der Waals surface area (Å²) in [6.45, 7) is 0. The quantitative estimate of drug-likeness (QED) is 0.197. The molecule has 1 N–H and O–H groups in total. The van der Waals surface area contributed by atoms with Gasteiger partial charge in [-0.15, -0.1) is 11.3 Å². The lowest BCUT2D eigenvalue weighted by atomic mass is 10.1. The maximum Gasteiger partial charge on any atom is 0.270 e. The number of hydrogen-bond donors (Lipinski definition) is 1. The minimum atomic E-state index is -0.491. The SMILES string of the molecule is O=C(/C=C/c1cccc([N+](=O)[O-])c1)Nc1c(Cl)cc(Cl)cc1-c1nc2ccccc2s1. The molecule has 0 saturated heterocycles. The van der Waals surface area contributed by atoms with E-state index in [2.05, 4.69) is 10.3 Å². The molecule has 0 fully saturated rings. The maximum atomic E-state index is 12.6. The molecule has 1 heterocycles. The molecule has 0 radical (unpaired) electrons. The molecular formula is C22H13Cl2N3O3S. The Hall–Kier alpha value is -3.26. The van der Waals surface area contributed by atoms with Crippen LogP contribution in [0.4, 0.5) is 11.4 Å². The van der Waals surface area contributed by atoms with Gasteiger partial charge in [0.2, 0.25) is 5.91 Å². The van der Waals surface area contributed by atoms with Gasteiger partial charge < -0.3 is 5.32 Å². The van der Waals surface area contributed by atoms with E-state index in [-0.39, 0.29) is 10.7 Å². The number of nitrogens with one attached hydrogen (secondary N) is 1. The number of carbonyl (C=O) groups is 1. The zero-order valence-electron chi connectivity index (χ0n) is 15.7. The molecule has 0 saturated carbocycles. The van der Waals surface area contributed by atoms with Crippen LogP contribution >= 0.6 is 34.5 Å². The highest BCUT2D eigenvalue weighted by molar-refractivity contribution is 7.21. The second-order valence-corrected chi connectivity index (χ2v) is 8.35. The Kier molecular flexibility index (Phi) is 5.99. The lowest BCUT2D eigenvalue weighted by Crippen LogP contribution is -2.09. The van der Waals surface area contributed by atoms with Gasteiger partial charge in [0.1, 0.15) is 5.01 Å². The van der Waals surface area contributed by atoms with Crippen LogP contribution in [0, 0.1) is 10.1 Å². The van der Waals surface area contributed by atoms with Crippen molar-refractivity contribution in [3.63, 3.8) is 0 Å². The molecular weight excluding hydrogens is 457 g/mol. The number of para-hydroxylation sites is 1. The molecule has 6 nitrogen and oxygen atoms in total. The molecule has 0 aliphatic rings. The number of thiazole rings is 1. The summed E-state index contributed by atoms with van der Waals surface area (Å²) in [5.74, 6) is -0.446. The topological polar surface area (TPSA) is 85.1 Å². The van der Waals surface area contributed by atoms with Gasteiger partial charge in [0, 0.05) is 28.8 Å². The number of non-ortho nitro benzene ring substituents is 1. The minimum Gasteiger partial charge on any atom is -0.321 e. The Balaban J connectivity index is 1.64. The first kappa shape index (κ1) is 21.0. The second kappa shape index (κ2) is 8.85. The van der Waals surface area contributed by atoms with Gasteiger partial charge in [0.25, 0.3) is 5.69 Å². The second-order valence-electron chi connectivity index (χ2n) is 6.47. The lowest BCUT2D eigenvalue weighted by Gasteiger charge is -2.11. The Bertz CT molecular complexity index is 1320. The van der Waals surface area contributed by atoms with Crippen LogP contribution in [0.2, 0.25) is 10.0 Å². The normalized spacial score (nSPS) is 11.2. The van der Waals surface area contributed by atoms with Crippen molar-refractivity contribution in [2.24, 2.45) is 0 Å². The van der Waals surface area contributed by atoms with Gasteiger partial charge in [-0.3, -0.25) is 14.9 Å². The predicted molar refractivity (Wildman–Crippen MR) is 126 cm³/mol. The molecule has 4 rings (SSSR count). The minimum absolute atomic E-state index is 0.0542. The van der Waals surface area contributed by atoms with Gasteiger partial charge in [0.05, 0.1) is 25.8 Å². The van der Waals surface area contributed by atoms with Crippen LogP contribution in [-0.2, 0) is 4.79 Å². The average molecular weight is 470 g/mol. The average Bonchev–Trinajstić information content (AvgIpc) is 3.18. The van der Waals surface area contributed by atoms with Crippen LogP contribution in [-0.4, -0.2) is 15.8 Å². The molecule has 0 unspecified atom stereocenters. The van der Waals surface area contributed by atoms with E-state index in [4.69, 9.17) is 23.2 Å². The van der Waals surface area contributed by atoms with Gasteiger partial charge in [-0.2, -0.15) is 0 Å². The third-order valence-electron chi connectivity index (χ3n) is 4.34. The van der Waals surface area contributed by atoms with Crippen molar-refractivity contribution in [2.45, 2.75) is 0 Å². The van der Waals surface area contributed by atoms with Crippen molar-refractivity contribution in [1.82, 2.24) is 4.98 Å². The molecule has 0 bridgehead atoms. The highest BCUT2D eigenvalue weighted by atomic mass is 35.5. The number of fused-ring (bicyclic) bond motifs is 1. The summed E-state index contributed by atoms with van der Waals surface area (Å²) in [4.78, 5) is 27.6. The van der Waals surface area contributed by atoms with Crippen LogP contribution in [0.25, 0.3) is 26.9 Å². The van der Waals surface area contributed by atoms with Gasteiger partial charge in [0.15, 0.2) is 0 Å². The number of nitro groups is 1. The van der Waals surface area contributed by atoms with Crippen molar-refractivity contribution in [3.05, 3.63) is 92.5 Å². The molecule has 4 aromatic rings. The number of nitrogens with zero attached hydrogens (tertiary/aromatic N) is 2. The molecule has 154 valence electrons. The van der Waals surface area contributed by atoms with E-state index in [0.717, 1.165) is 10.2 Å². The van der Waals surface area contributed by atoms with Gasteiger partial charge in [-0.05, 0) is 35.9 Å². The molecule has 0 spiro atoms. The number of hydrogen-bond acceptors (Lipinski definition) is 5. The van der Waals surface area contributed by atoms with E-state index in [1.807, 2.05) is 24.3 Å². The molecule has 1 amide bonds. The highest BCUT2D eigenvalue weighted by Crippen LogP contribution is 2.40. The Labute approximate surface area is 190 Å². The fourth-order valence-corrected chi connectivity index (χ4v) is 4.46. The summed E-state index contributed by atoms with van der Waals surface area (Å²) >= 11 is 14.0. The summed E-state index contributed by atoms with van der Waals surface area (Å²) in [5.41, 5.74) is 2.30. The van der Waals surface area contributed by atoms with Crippen LogP contribution in [0.5, 0.6) is 0 Å². The van der Waals surface area contributed by atoms with E-state index in [1.165, 1.54) is 35.6 Å². The van der Waals surface area contributed by atoms with E-state index in [1.54, 1.807) is 24.3 Å². The Morgan fingerprint density at radius 1 is 1.10 bits per heavy atom. The van der Waals surface area contributed by atoms with Gasteiger partial charge in [-0.1, -0.05) is 47.5 Å². The van der Waals surface area contributed by atoms with Gasteiger partial charge >= 0.3 is 0 Å². The van der Waals surface area contributed by atoms with Crippen molar-refractivity contribution in [2.75, 3.05) is 5.32 Å². The Morgan fingerprint density at radius 2 is 1.90 bits per heavy atom. The summed E-state index contributed by atoms with van der Waals surface area (Å²) in [6.07, 6.45) is 2.77. The number of aromatic nitrogens is 1. The van der Waals surface area contributed by atoms with E-state index in [0.29, 0.717) is 26.8 Å². The smallest absolute Gasteiger partial charge is 0.270 e. The number of benzene rings is 3. The van der Waals surface area contributed by atoms with E-state index in [9.17, 15) is 14.9 Å². The number of amides is 1. The number of nitro benzene ring substituents is 1. The number of carbonyl (C=O) groups excluding carboxylic acids is 1. The number of rotatable bonds is 5. The first-order chi connectivity index (χ1) is 14.9. The molecule has 31 heavy (non-hydrogen) atoms. The van der Waals surface area contributed by atoms with Crippen LogP contribution in [0.15, 0.2) is 66.7 Å². The largest absolute Gasteiger partial charge is 0.321 e. The molecule has 3 aromatic carbocycles. The monoisotopic (exact) mass is 469 g/mol. The fraction of sp³-hybridized carbons (Fsp3) is 0. The highest BCUT2D eigenvalue weighted by Gasteiger charge is 2.16.